The quantitative estimate of drug-likeness (QED) is 0.198. The zero-order valence-electron chi connectivity index (χ0n) is 29.9. The lowest BCUT2D eigenvalue weighted by molar-refractivity contribution is 0.669. The zero-order valence-corrected chi connectivity index (χ0v) is 22.9. The van der Waals surface area contributed by atoms with Crippen LogP contribution < -0.4 is 0 Å². The topological polar surface area (TPSA) is 13.1 Å². The van der Waals surface area contributed by atoms with E-state index in [2.05, 4.69) is 36.4 Å². The maximum atomic E-state index is 9.17. The molecular weight excluding hydrogens is 520 g/mol. The van der Waals surface area contributed by atoms with Gasteiger partial charge in [-0.3, -0.25) is 0 Å². The minimum atomic E-state index is -0.471. The maximum Gasteiger partial charge on any atom is 0.136 e. The summed E-state index contributed by atoms with van der Waals surface area (Å²) in [5.41, 5.74) is 6.44. The van der Waals surface area contributed by atoms with Crippen LogP contribution in [0, 0.1) is 0 Å². The second-order valence-electron chi connectivity index (χ2n) is 10.7. The Labute approximate surface area is 259 Å². The summed E-state index contributed by atoms with van der Waals surface area (Å²) < 4.78 is 67.5. The van der Waals surface area contributed by atoms with E-state index in [9.17, 15) is 0 Å². The molecule has 0 fully saturated rings. The van der Waals surface area contributed by atoms with Gasteiger partial charge < -0.3 is 4.42 Å². The van der Waals surface area contributed by atoms with E-state index in [0.717, 1.165) is 65.7 Å². The molecule has 0 saturated carbocycles. The Morgan fingerprint density at radius 1 is 0.419 bits per heavy atom. The van der Waals surface area contributed by atoms with Crippen LogP contribution in [-0.4, -0.2) is 0 Å². The molecule has 0 spiro atoms. The third-order valence-electron chi connectivity index (χ3n) is 8.36. The van der Waals surface area contributed by atoms with Crippen LogP contribution in [0.5, 0.6) is 0 Å². The van der Waals surface area contributed by atoms with Crippen molar-refractivity contribution in [3.8, 4) is 33.4 Å². The highest BCUT2D eigenvalue weighted by atomic mass is 16.3. The molecule has 200 valence electrons. The van der Waals surface area contributed by atoms with Crippen LogP contribution in [0.15, 0.2) is 162 Å². The summed E-state index contributed by atoms with van der Waals surface area (Å²) in [5, 5.41) is 5.33. The largest absolute Gasteiger partial charge is 0.456 e. The smallest absolute Gasteiger partial charge is 0.136 e. The molecule has 1 nitrogen and oxygen atoms in total. The number of rotatable bonds is 3. The molecule has 0 aliphatic heterocycles. The van der Waals surface area contributed by atoms with Gasteiger partial charge in [-0.15, -0.1) is 0 Å². The first-order valence-corrected chi connectivity index (χ1v) is 14.2. The molecule has 43 heavy (non-hydrogen) atoms. The van der Waals surface area contributed by atoms with Crippen LogP contribution in [0.1, 0.15) is 9.60 Å². The highest BCUT2D eigenvalue weighted by Crippen LogP contribution is 2.46. The first-order valence-electron chi connectivity index (χ1n) is 17.7. The Balaban J connectivity index is 1.39. The van der Waals surface area contributed by atoms with E-state index in [0.29, 0.717) is 5.56 Å². The van der Waals surface area contributed by atoms with Gasteiger partial charge in [-0.1, -0.05) is 139 Å². The van der Waals surface area contributed by atoms with Gasteiger partial charge in [0.15, 0.2) is 0 Å². The van der Waals surface area contributed by atoms with Gasteiger partial charge in [0.05, 0.1) is 9.60 Å². The van der Waals surface area contributed by atoms with Crippen LogP contribution >= 0.6 is 0 Å². The summed E-state index contributed by atoms with van der Waals surface area (Å²) in [4.78, 5) is 0. The van der Waals surface area contributed by atoms with Crippen molar-refractivity contribution in [3.05, 3.63) is 158 Å². The molecule has 9 aromatic rings. The lowest BCUT2D eigenvalue weighted by Crippen LogP contribution is -1.91. The summed E-state index contributed by atoms with van der Waals surface area (Å²) in [5.74, 6) is 0. The monoisotopic (exact) mass is 553 g/mol. The Morgan fingerprint density at radius 3 is 1.86 bits per heavy atom. The van der Waals surface area contributed by atoms with Crippen LogP contribution in [-0.2, 0) is 0 Å². The molecule has 1 aromatic heterocycles. The minimum absolute atomic E-state index is 0.0607. The molecule has 9 rings (SSSR count). The Morgan fingerprint density at radius 2 is 1.09 bits per heavy atom. The molecule has 0 bridgehead atoms. The van der Waals surface area contributed by atoms with Crippen LogP contribution in [0.3, 0.4) is 0 Å². The third kappa shape index (κ3) is 3.65. The summed E-state index contributed by atoms with van der Waals surface area (Å²) >= 11 is 0. The van der Waals surface area contributed by atoms with E-state index < -0.39 is 12.1 Å². The lowest BCUT2D eigenvalue weighted by Gasteiger charge is -2.18. The summed E-state index contributed by atoms with van der Waals surface area (Å²) in [6, 6.07) is 35.6. The fourth-order valence-corrected chi connectivity index (χ4v) is 6.55. The van der Waals surface area contributed by atoms with Crippen molar-refractivity contribution in [2.75, 3.05) is 0 Å². The van der Waals surface area contributed by atoms with Gasteiger partial charge in [-0.05, 0) is 83.9 Å². The first-order chi connectivity index (χ1) is 24.3. The predicted molar refractivity (Wildman–Crippen MR) is 183 cm³/mol. The Hall–Kier alpha value is -5.66. The highest BCUT2D eigenvalue weighted by molar-refractivity contribution is 6.24. The average Bonchev–Trinajstić information content (AvgIpc) is 3.53. The number of furan rings is 1. The van der Waals surface area contributed by atoms with Gasteiger partial charge in [0, 0.05) is 10.8 Å². The molecule has 0 aliphatic carbocycles. The van der Waals surface area contributed by atoms with Gasteiger partial charge >= 0.3 is 0 Å². The molecule has 8 aromatic carbocycles. The lowest BCUT2D eigenvalue weighted by atomic mass is 9.84. The van der Waals surface area contributed by atoms with Crippen molar-refractivity contribution in [2.45, 2.75) is 0 Å². The maximum absolute atomic E-state index is 9.17. The number of hydrogen-bond acceptors (Lipinski definition) is 1. The van der Waals surface area contributed by atoms with Crippen molar-refractivity contribution in [1.29, 1.82) is 0 Å². The molecule has 0 N–H and O–H groups in total. The minimum Gasteiger partial charge on any atom is -0.456 e. The van der Waals surface area contributed by atoms with E-state index >= 15 is 0 Å². The van der Waals surface area contributed by atoms with Crippen molar-refractivity contribution in [1.82, 2.24) is 0 Å². The molecule has 0 unspecified atom stereocenters. The van der Waals surface area contributed by atoms with Crippen LogP contribution in [0.2, 0.25) is 0 Å². The van der Waals surface area contributed by atoms with E-state index in [1.165, 1.54) is 0 Å². The normalized spacial score (nSPS) is 14.0. The van der Waals surface area contributed by atoms with Crippen LogP contribution in [0.4, 0.5) is 0 Å². The molecule has 0 atom stereocenters. The molecule has 0 amide bonds. The molecule has 1 heteroatoms. The average molecular weight is 554 g/mol. The Kier molecular flexibility index (Phi) is 3.95. The van der Waals surface area contributed by atoms with Crippen molar-refractivity contribution < 1.29 is 14.0 Å². The molecule has 0 radical (unpaired) electrons. The predicted octanol–water partition coefficient (Wildman–Crippen LogP) is 12.0. The van der Waals surface area contributed by atoms with Gasteiger partial charge in [0.25, 0.3) is 0 Å². The fourth-order valence-electron chi connectivity index (χ4n) is 6.55. The van der Waals surface area contributed by atoms with E-state index in [-0.39, 0.29) is 46.5 Å². The number of fused-ring (bicyclic) bond motifs is 6. The second kappa shape index (κ2) is 9.44. The van der Waals surface area contributed by atoms with E-state index in [1.807, 2.05) is 78.9 Å². The van der Waals surface area contributed by atoms with Gasteiger partial charge in [0.2, 0.25) is 0 Å². The van der Waals surface area contributed by atoms with Gasteiger partial charge in [-0.25, -0.2) is 0 Å². The summed E-state index contributed by atoms with van der Waals surface area (Å²) in [6.07, 6.45) is 0. The van der Waals surface area contributed by atoms with Crippen molar-refractivity contribution >= 4 is 54.3 Å². The van der Waals surface area contributed by atoms with Gasteiger partial charge in [-0.2, -0.15) is 0 Å². The van der Waals surface area contributed by atoms with Crippen molar-refractivity contribution in [2.24, 2.45) is 0 Å². The SMILES string of the molecule is [2H]c1c([2H])c([2H])c2c(-c3c4ccccc4c(-c4ccc5c(c4)oc4cccc(-c6ccccc6)c45)c4ccccc34)c([2H])c([2H])c([2H])c2c1[2H]. The first kappa shape index (κ1) is 18.0. The fraction of sp³-hybridized carbons (Fsp3) is 0. The molecule has 0 aliphatic rings. The molecule has 1 heterocycles. The summed E-state index contributed by atoms with van der Waals surface area (Å²) in [7, 11) is 0. The second-order valence-corrected chi connectivity index (χ2v) is 10.7. The zero-order chi connectivity index (χ0) is 34.4. The number of benzene rings is 8. The summed E-state index contributed by atoms with van der Waals surface area (Å²) in [6.45, 7) is 0. The molecular formula is C42H26O. The van der Waals surface area contributed by atoms with Gasteiger partial charge in [0.1, 0.15) is 11.2 Å². The highest BCUT2D eigenvalue weighted by Gasteiger charge is 2.19. The number of hydrogen-bond donors (Lipinski definition) is 0. The van der Waals surface area contributed by atoms with E-state index in [4.69, 9.17) is 14.0 Å². The van der Waals surface area contributed by atoms with Crippen LogP contribution in [0.25, 0.3) is 87.6 Å². The van der Waals surface area contributed by atoms with E-state index in [1.54, 1.807) is 0 Å². The standard InChI is InChI=1S/C42H26O/c1-2-12-28(13-3-1)31-21-11-23-38-42(31)37-25-24-29(26-39(37)43-38)40-33-17-6-8-19-35(33)41(36-20-9-7-18-34(36)40)32-22-10-15-27-14-4-5-16-30(27)32/h1-26H/i4D,5D,10D,14D,15D,16D,22D. The van der Waals surface area contributed by atoms with Crippen molar-refractivity contribution in [3.63, 3.8) is 0 Å². The Bertz CT molecular complexity index is 2830. The molecule has 0 saturated heterocycles. The third-order valence-corrected chi connectivity index (χ3v) is 8.36.